The summed E-state index contributed by atoms with van der Waals surface area (Å²) in [5.74, 6) is 1.09. The third kappa shape index (κ3) is 2.99. The van der Waals surface area contributed by atoms with Gasteiger partial charge in [-0.15, -0.1) is 0 Å². The van der Waals surface area contributed by atoms with Gasteiger partial charge in [-0.1, -0.05) is 36.4 Å². The first-order valence-electron chi connectivity index (χ1n) is 9.90. The van der Waals surface area contributed by atoms with E-state index in [1.807, 2.05) is 36.4 Å². The summed E-state index contributed by atoms with van der Waals surface area (Å²) in [6, 6.07) is 22.7. The Balaban J connectivity index is 1.63. The second-order valence-corrected chi connectivity index (χ2v) is 7.49. The zero-order chi connectivity index (χ0) is 20.7. The molecule has 3 aromatic carbocycles. The molecule has 1 atom stereocenters. The molecular formula is C25H20N2O3. The molecule has 0 aliphatic carbocycles. The first-order valence-corrected chi connectivity index (χ1v) is 9.90. The van der Waals surface area contributed by atoms with E-state index in [4.69, 9.17) is 4.74 Å². The molecular weight excluding hydrogens is 376 g/mol. The number of methoxy groups -OCH3 is 1. The van der Waals surface area contributed by atoms with Gasteiger partial charge in [0, 0.05) is 18.5 Å². The van der Waals surface area contributed by atoms with Crippen molar-refractivity contribution in [3.8, 4) is 5.75 Å². The molecule has 0 fully saturated rings. The van der Waals surface area contributed by atoms with Gasteiger partial charge in [0.15, 0.2) is 5.78 Å². The Hall–Kier alpha value is -3.73. The topological polar surface area (TPSA) is 61.2 Å². The number of hydrogen-bond donors (Lipinski definition) is 0. The van der Waals surface area contributed by atoms with Crippen LogP contribution in [0.15, 0.2) is 77.6 Å². The molecule has 0 saturated heterocycles. The van der Waals surface area contributed by atoms with Gasteiger partial charge >= 0.3 is 0 Å². The fraction of sp³-hybridized carbons (Fsp3) is 0.160. The van der Waals surface area contributed by atoms with Crippen LogP contribution in [0.25, 0.3) is 10.9 Å². The largest absolute Gasteiger partial charge is 0.497 e. The van der Waals surface area contributed by atoms with Crippen molar-refractivity contribution >= 4 is 16.7 Å². The van der Waals surface area contributed by atoms with E-state index in [-0.39, 0.29) is 23.7 Å². The van der Waals surface area contributed by atoms with Crippen molar-refractivity contribution in [2.45, 2.75) is 18.9 Å². The van der Waals surface area contributed by atoms with Crippen LogP contribution in [-0.2, 0) is 6.54 Å². The summed E-state index contributed by atoms with van der Waals surface area (Å²) in [6.45, 7) is 0.631. The average molecular weight is 396 g/mol. The molecule has 0 radical (unpaired) electrons. The Labute approximate surface area is 173 Å². The molecule has 0 spiro atoms. The molecule has 0 bridgehead atoms. The van der Waals surface area contributed by atoms with Gasteiger partial charge in [0.2, 0.25) is 0 Å². The number of fused-ring (bicyclic) bond motifs is 4. The van der Waals surface area contributed by atoms with Crippen molar-refractivity contribution in [1.29, 1.82) is 0 Å². The molecule has 4 aromatic rings. The molecule has 1 aliphatic heterocycles. The predicted molar refractivity (Wildman–Crippen MR) is 115 cm³/mol. The molecule has 148 valence electrons. The van der Waals surface area contributed by atoms with E-state index in [9.17, 15) is 9.59 Å². The fourth-order valence-corrected chi connectivity index (χ4v) is 4.28. The number of nitrogens with zero attached hydrogens (tertiary/aromatic N) is 2. The standard InChI is InChI=1S/C25H20N2O3/c1-30-18-12-10-16(11-13-18)23(28)14-21-19-7-3-2-6-17(19)15-27-22-9-5-4-8-20(22)25(29)26-24(21)27/h2-13,21H,14-15H2,1H3. The maximum atomic E-state index is 13.1. The van der Waals surface area contributed by atoms with Crippen molar-refractivity contribution in [3.05, 3.63) is 106 Å². The molecule has 0 N–H and O–H groups in total. The van der Waals surface area contributed by atoms with E-state index in [2.05, 4.69) is 15.6 Å². The summed E-state index contributed by atoms with van der Waals surface area (Å²) in [5, 5.41) is 0.598. The zero-order valence-electron chi connectivity index (χ0n) is 16.5. The lowest BCUT2D eigenvalue weighted by molar-refractivity contribution is 0.0975. The van der Waals surface area contributed by atoms with Crippen LogP contribution >= 0.6 is 0 Å². The van der Waals surface area contributed by atoms with Gasteiger partial charge in [-0.3, -0.25) is 9.59 Å². The van der Waals surface area contributed by atoms with E-state index in [1.54, 1.807) is 37.4 Å². The highest BCUT2D eigenvalue weighted by Gasteiger charge is 2.30. The van der Waals surface area contributed by atoms with Crippen LogP contribution in [0.3, 0.4) is 0 Å². The first-order chi connectivity index (χ1) is 14.7. The lowest BCUT2D eigenvalue weighted by Crippen LogP contribution is -2.28. The summed E-state index contributed by atoms with van der Waals surface area (Å²) < 4.78 is 7.26. The van der Waals surface area contributed by atoms with Crippen molar-refractivity contribution < 1.29 is 9.53 Å². The van der Waals surface area contributed by atoms with Gasteiger partial charge < -0.3 is 9.30 Å². The minimum Gasteiger partial charge on any atom is -0.497 e. The van der Waals surface area contributed by atoms with E-state index in [1.165, 1.54) is 0 Å². The van der Waals surface area contributed by atoms with E-state index < -0.39 is 0 Å². The number of rotatable bonds is 4. The minimum atomic E-state index is -0.276. The number of benzene rings is 3. The van der Waals surface area contributed by atoms with Gasteiger partial charge in [0.1, 0.15) is 11.6 Å². The summed E-state index contributed by atoms with van der Waals surface area (Å²) >= 11 is 0. The summed E-state index contributed by atoms with van der Waals surface area (Å²) in [6.07, 6.45) is 0.244. The molecule has 0 saturated carbocycles. The zero-order valence-corrected chi connectivity index (χ0v) is 16.5. The minimum absolute atomic E-state index is 0.00770. The van der Waals surface area contributed by atoms with Crippen LogP contribution in [0.2, 0.25) is 0 Å². The third-order valence-electron chi connectivity index (χ3n) is 5.79. The maximum absolute atomic E-state index is 13.1. The second kappa shape index (κ2) is 7.26. The summed E-state index contributed by atoms with van der Waals surface area (Å²) in [7, 11) is 1.60. The number of aromatic nitrogens is 2. The molecule has 1 aliphatic rings. The van der Waals surface area contributed by atoms with Crippen molar-refractivity contribution in [1.82, 2.24) is 9.55 Å². The highest BCUT2D eigenvalue weighted by molar-refractivity contribution is 5.97. The number of ether oxygens (including phenoxy) is 1. The highest BCUT2D eigenvalue weighted by atomic mass is 16.5. The van der Waals surface area contributed by atoms with Crippen LogP contribution in [0.1, 0.15) is 39.6 Å². The van der Waals surface area contributed by atoms with E-state index in [0.29, 0.717) is 29.1 Å². The lowest BCUT2D eigenvalue weighted by Gasteiger charge is -2.29. The van der Waals surface area contributed by atoms with E-state index in [0.717, 1.165) is 16.6 Å². The quantitative estimate of drug-likeness (QED) is 0.486. The average Bonchev–Trinajstić information content (AvgIpc) is 2.80. The molecule has 0 amide bonds. The van der Waals surface area contributed by atoms with Crippen molar-refractivity contribution in [2.24, 2.45) is 0 Å². The van der Waals surface area contributed by atoms with E-state index >= 15 is 0 Å². The smallest absolute Gasteiger partial charge is 0.280 e. The van der Waals surface area contributed by atoms with Crippen LogP contribution < -0.4 is 10.3 Å². The van der Waals surface area contributed by atoms with Crippen molar-refractivity contribution in [2.75, 3.05) is 7.11 Å². The molecule has 5 heteroatoms. The molecule has 30 heavy (non-hydrogen) atoms. The van der Waals surface area contributed by atoms with Crippen LogP contribution in [0, 0.1) is 0 Å². The first kappa shape index (κ1) is 18.3. The maximum Gasteiger partial charge on any atom is 0.280 e. The molecule has 1 unspecified atom stereocenters. The number of carbonyl (C=O) groups is 1. The van der Waals surface area contributed by atoms with Crippen LogP contribution in [0.4, 0.5) is 0 Å². The van der Waals surface area contributed by atoms with Gasteiger partial charge in [0.05, 0.1) is 23.9 Å². The Kier molecular flexibility index (Phi) is 4.43. The number of Topliss-reactive ketones (excluding diaryl/α,β-unsaturated/α-hetero) is 1. The third-order valence-corrected chi connectivity index (χ3v) is 5.79. The Morgan fingerprint density at radius 3 is 2.57 bits per heavy atom. The molecule has 2 heterocycles. The Bertz CT molecular complexity index is 1320. The lowest BCUT2D eigenvalue weighted by atomic mass is 9.85. The van der Waals surface area contributed by atoms with Gasteiger partial charge in [-0.2, -0.15) is 4.98 Å². The Morgan fingerprint density at radius 2 is 1.77 bits per heavy atom. The van der Waals surface area contributed by atoms with Crippen LogP contribution in [0.5, 0.6) is 5.75 Å². The number of carbonyl (C=O) groups excluding carboxylic acids is 1. The van der Waals surface area contributed by atoms with Gasteiger partial charge in [-0.05, 0) is 47.5 Å². The summed E-state index contributed by atoms with van der Waals surface area (Å²) in [4.78, 5) is 30.3. The number of para-hydroxylation sites is 1. The SMILES string of the molecule is COc1ccc(C(=O)CC2c3ccccc3Cn3c2nc(=O)c2ccccc23)cc1. The van der Waals surface area contributed by atoms with Crippen LogP contribution in [-0.4, -0.2) is 22.4 Å². The van der Waals surface area contributed by atoms with Crippen molar-refractivity contribution in [3.63, 3.8) is 0 Å². The Morgan fingerprint density at radius 1 is 1.03 bits per heavy atom. The fourth-order valence-electron chi connectivity index (χ4n) is 4.28. The number of hydrogen-bond acceptors (Lipinski definition) is 4. The normalized spacial score (nSPS) is 14.8. The molecule has 5 rings (SSSR count). The highest BCUT2D eigenvalue weighted by Crippen LogP contribution is 2.36. The second-order valence-electron chi connectivity index (χ2n) is 7.49. The van der Waals surface area contributed by atoms with Gasteiger partial charge in [0.25, 0.3) is 5.56 Å². The molecule has 1 aromatic heterocycles. The summed E-state index contributed by atoms with van der Waals surface area (Å²) in [5.41, 5.74) is 3.42. The predicted octanol–water partition coefficient (Wildman–Crippen LogP) is 4.17. The number of ketones is 1. The monoisotopic (exact) mass is 396 g/mol. The van der Waals surface area contributed by atoms with Gasteiger partial charge in [-0.25, -0.2) is 0 Å². The molecule has 5 nitrogen and oxygen atoms in total.